The molecule has 23 heavy (non-hydrogen) atoms. The zero-order chi connectivity index (χ0) is 16.1. The highest BCUT2D eigenvalue weighted by atomic mass is 19.1. The second-order valence-corrected chi connectivity index (χ2v) is 5.97. The molecule has 2 aromatic heterocycles. The zero-order valence-corrected chi connectivity index (χ0v) is 12.8. The van der Waals surface area contributed by atoms with Crippen LogP contribution in [-0.2, 0) is 11.8 Å². The van der Waals surface area contributed by atoms with Crippen LogP contribution in [0.4, 0.5) is 10.2 Å². The summed E-state index contributed by atoms with van der Waals surface area (Å²) in [7, 11) is 1.80. The van der Waals surface area contributed by atoms with Crippen LogP contribution in [0.2, 0.25) is 0 Å². The highest BCUT2D eigenvalue weighted by molar-refractivity contribution is 6.02. The highest BCUT2D eigenvalue weighted by Gasteiger charge is 2.45. The minimum absolute atomic E-state index is 0.0513. The lowest BCUT2D eigenvalue weighted by Gasteiger charge is -2.04. The van der Waals surface area contributed by atoms with E-state index in [0.717, 1.165) is 11.1 Å². The van der Waals surface area contributed by atoms with E-state index < -0.39 is 0 Å². The highest BCUT2D eigenvalue weighted by Crippen LogP contribution is 2.48. The molecule has 3 aromatic rings. The first-order chi connectivity index (χ1) is 11.1. The number of anilines is 1. The SMILES string of the molecule is Cc1nn(C)c2n[nH]c(NC(=O)[C@@H]3C[C@H]3c3ccccc3F)c12. The molecule has 1 aromatic carbocycles. The molecule has 2 heterocycles. The van der Waals surface area contributed by atoms with Gasteiger partial charge in [-0.3, -0.25) is 9.89 Å². The van der Waals surface area contributed by atoms with E-state index in [-0.39, 0.29) is 23.6 Å². The molecule has 1 saturated carbocycles. The van der Waals surface area contributed by atoms with Crippen molar-refractivity contribution in [2.45, 2.75) is 19.3 Å². The number of nitrogens with one attached hydrogen (secondary N) is 2. The number of hydrogen-bond acceptors (Lipinski definition) is 3. The molecule has 1 aliphatic rings. The number of carbonyl (C=O) groups is 1. The van der Waals surface area contributed by atoms with Crippen molar-refractivity contribution in [2.75, 3.05) is 5.32 Å². The molecule has 2 atom stereocenters. The molecule has 1 amide bonds. The number of nitrogens with zero attached hydrogens (tertiary/aromatic N) is 3. The van der Waals surface area contributed by atoms with Gasteiger partial charge in [-0.25, -0.2) is 9.07 Å². The molecule has 0 saturated heterocycles. The fraction of sp³-hybridized carbons (Fsp3) is 0.312. The lowest BCUT2D eigenvalue weighted by atomic mass is 10.1. The van der Waals surface area contributed by atoms with Crippen LogP contribution in [0.25, 0.3) is 11.0 Å². The van der Waals surface area contributed by atoms with Crippen molar-refractivity contribution >= 4 is 22.8 Å². The average Bonchev–Trinajstić information content (AvgIpc) is 3.12. The number of fused-ring (bicyclic) bond motifs is 1. The van der Waals surface area contributed by atoms with E-state index in [1.807, 2.05) is 6.92 Å². The third-order valence-electron chi connectivity index (χ3n) is 4.40. The number of aromatic nitrogens is 4. The standard InChI is InChI=1S/C16H16FN5O/c1-8-13-14(19-20-15(13)22(2)21-8)18-16(23)11-7-10(11)9-5-3-4-6-12(9)17/h3-6,10-11H,7H2,1-2H3,(H2,18,19,20,23)/t10-,11+/m0/s1. The van der Waals surface area contributed by atoms with E-state index in [4.69, 9.17) is 0 Å². The van der Waals surface area contributed by atoms with Crippen LogP contribution in [0.15, 0.2) is 24.3 Å². The van der Waals surface area contributed by atoms with E-state index in [0.29, 0.717) is 23.4 Å². The van der Waals surface area contributed by atoms with Crippen molar-refractivity contribution in [1.82, 2.24) is 20.0 Å². The second kappa shape index (κ2) is 4.91. The van der Waals surface area contributed by atoms with Crippen molar-refractivity contribution in [3.8, 4) is 0 Å². The van der Waals surface area contributed by atoms with Gasteiger partial charge in [-0.05, 0) is 30.9 Å². The Labute approximate surface area is 131 Å². The Morgan fingerprint density at radius 3 is 3.00 bits per heavy atom. The van der Waals surface area contributed by atoms with Gasteiger partial charge in [0.25, 0.3) is 0 Å². The number of H-pyrrole nitrogens is 1. The summed E-state index contributed by atoms with van der Waals surface area (Å²) in [5.41, 5.74) is 2.10. The van der Waals surface area contributed by atoms with Gasteiger partial charge in [0.05, 0.1) is 11.1 Å². The van der Waals surface area contributed by atoms with Gasteiger partial charge >= 0.3 is 0 Å². The Bertz CT molecular complexity index is 912. The molecule has 2 N–H and O–H groups in total. The Balaban J connectivity index is 1.54. The van der Waals surface area contributed by atoms with Gasteiger partial charge in [0.1, 0.15) is 11.6 Å². The summed E-state index contributed by atoms with van der Waals surface area (Å²) in [6.07, 6.45) is 0.663. The fourth-order valence-corrected chi connectivity index (χ4v) is 3.14. The first-order valence-electron chi connectivity index (χ1n) is 7.49. The summed E-state index contributed by atoms with van der Waals surface area (Å²) in [6, 6.07) is 6.62. The van der Waals surface area contributed by atoms with Crippen LogP contribution in [0, 0.1) is 18.7 Å². The monoisotopic (exact) mass is 313 g/mol. The molecular formula is C16H16FN5O. The van der Waals surface area contributed by atoms with Gasteiger partial charge in [0.15, 0.2) is 5.65 Å². The first-order valence-corrected chi connectivity index (χ1v) is 7.49. The van der Waals surface area contributed by atoms with Gasteiger partial charge in [-0.1, -0.05) is 18.2 Å². The molecule has 0 radical (unpaired) electrons. The predicted molar refractivity (Wildman–Crippen MR) is 83.5 cm³/mol. The molecular weight excluding hydrogens is 297 g/mol. The number of aryl methyl sites for hydroxylation is 2. The van der Waals surface area contributed by atoms with Crippen molar-refractivity contribution in [1.29, 1.82) is 0 Å². The summed E-state index contributed by atoms with van der Waals surface area (Å²) in [5.74, 6) is -0.0755. The average molecular weight is 313 g/mol. The van der Waals surface area contributed by atoms with Crippen LogP contribution in [0.1, 0.15) is 23.6 Å². The van der Waals surface area contributed by atoms with E-state index in [1.165, 1.54) is 6.07 Å². The summed E-state index contributed by atoms with van der Waals surface area (Å²) in [6.45, 7) is 1.87. The summed E-state index contributed by atoms with van der Waals surface area (Å²) in [4.78, 5) is 12.4. The number of rotatable bonds is 3. The topological polar surface area (TPSA) is 75.6 Å². The van der Waals surface area contributed by atoms with Crippen molar-refractivity contribution in [2.24, 2.45) is 13.0 Å². The minimum atomic E-state index is -0.250. The van der Waals surface area contributed by atoms with Gasteiger partial charge in [0.2, 0.25) is 5.91 Å². The number of halogens is 1. The van der Waals surface area contributed by atoms with Crippen molar-refractivity contribution < 1.29 is 9.18 Å². The van der Waals surface area contributed by atoms with Gasteiger partial charge in [-0.2, -0.15) is 10.2 Å². The van der Waals surface area contributed by atoms with Crippen LogP contribution >= 0.6 is 0 Å². The summed E-state index contributed by atoms with van der Waals surface area (Å²) >= 11 is 0. The molecule has 1 fully saturated rings. The third kappa shape index (κ3) is 2.19. The van der Waals surface area contributed by atoms with Crippen LogP contribution < -0.4 is 5.32 Å². The maximum Gasteiger partial charge on any atom is 0.229 e. The van der Waals surface area contributed by atoms with Crippen LogP contribution in [0.3, 0.4) is 0 Å². The zero-order valence-electron chi connectivity index (χ0n) is 12.8. The van der Waals surface area contributed by atoms with Crippen LogP contribution in [-0.4, -0.2) is 25.9 Å². The quantitative estimate of drug-likeness (QED) is 0.780. The molecule has 118 valence electrons. The molecule has 7 heteroatoms. The third-order valence-corrected chi connectivity index (χ3v) is 4.40. The van der Waals surface area contributed by atoms with Gasteiger partial charge in [-0.15, -0.1) is 0 Å². The Kier molecular flexibility index (Phi) is 2.97. The number of carbonyl (C=O) groups excluding carboxylic acids is 1. The lowest BCUT2D eigenvalue weighted by Crippen LogP contribution is -2.15. The normalized spacial score (nSPS) is 20.0. The Hall–Kier alpha value is -2.70. The smallest absolute Gasteiger partial charge is 0.229 e. The number of hydrogen-bond donors (Lipinski definition) is 2. The van der Waals surface area contributed by atoms with E-state index in [9.17, 15) is 9.18 Å². The Morgan fingerprint density at radius 2 is 2.22 bits per heavy atom. The van der Waals surface area contributed by atoms with Gasteiger partial charge < -0.3 is 5.32 Å². The number of aromatic amines is 1. The van der Waals surface area contributed by atoms with Gasteiger partial charge in [0, 0.05) is 13.0 Å². The van der Waals surface area contributed by atoms with Crippen molar-refractivity contribution in [3.05, 3.63) is 41.3 Å². The predicted octanol–water partition coefficient (Wildman–Crippen LogP) is 2.49. The lowest BCUT2D eigenvalue weighted by molar-refractivity contribution is -0.117. The Morgan fingerprint density at radius 1 is 1.43 bits per heavy atom. The fourth-order valence-electron chi connectivity index (χ4n) is 3.14. The maximum atomic E-state index is 13.8. The minimum Gasteiger partial charge on any atom is -0.310 e. The molecule has 4 rings (SSSR count). The molecule has 6 nitrogen and oxygen atoms in total. The molecule has 0 bridgehead atoms. The maximum absolute atomic E-state index is 13.8. The second-order valence-electron chi connectivity index (χ2n) is 5.97. The summed E-state index contributed by atoms with van der Waals surface area (Å²) in [5, 5.41) is 15.0. The number of benzene rings is 1. The first kappa shape index (κ1) is 13.9. The van der Waals surface area contributed by atoms with E-state index in [1.54, 1.807) is 29.9 Å². The summed E-state index contributed by atoms with van der Waals surface area (Å²) < 4.78 is 15.5. The van der Waals surface area contributed by atoms with E-state index in [2.05, 4.69) is 20.6 Å². The van der Waals surface area contributed by atoms with E-state index >= 15 is 0 Å². The number of amides is 1. The molecule has 1 aliphatic carbocycles. The molecule has 0 aliphatic heterocycles. The van der Waals surface area contributed by atoms with Crippen molar-refractivity contribution in [3.63, 3.8) is 0 Å². The van der Waals surface area contributed by atoms with Crippen LogP contribution in [0.5, 0.6) is 0 Å². The molecule has 0 spiro atoms. The largest absolute Gasteiger partial charge is 0.310 e. The molecule has 0 unspecified atom stereocenters.